The van der Waals surface area contributed by atoms with Crippen LogP contribution < -0.4 is 4.74 Å². The highest BCUT2D eigenvalue weighted by molar-refractivity contribution is 5.95. The quantitative estimate of drug-likeness (QED) is 0.685. The van der Waals surface area contributed by atoms with Gasteiger partial charge in [-0.05, 0) is 86.1 Å². The third-order valence-electron chi connectivity index (χ3n) is 6.82. The first-order valence-electron chi connectivity index (χ1n) is 11.8. The second kappa shape index (κ2) is 10.5. The molecule has 0 radical (unpaired) electrons. The van der Waals surface area contributed by atoms with E-state index in [0.29, 0.717) is 48.2 Å². The molecule has 2 saturated heterocycles. The van der Waals surface area contributed by atoms with E-state index >= 15 is 0 Å². The lowest BCUT2D eigenvalue weighted by Gasteiger charge is -2.32. The number of rotatable bonds is 5. The van der Waals surface area contributed by atoms with Crippen LogP contribution in [0.5, 0.6) is 5.75 Å². The minimum atomic E-state index is 0.0160. The van der Waals surface area contributed by atoms with E-state index in [1.165, 1.54) is 0 Å². The summed E-state index contributed by atoms with van der Waals surface area (Å²) in [5.74, 6) is 1.99. The van der Waals surface area contributed by atoms with Gasteiger partial charge in [-0.15, -0.1) is 0 Å². The summed E-state index contributed by atoms with van der Waals surface area (Å²) < 4.78 is 5.99. The molecule has 0 aliphatic carbocycles. The third-order valence-corrected chi connectivity index (χ3v) is 6.82. The molecule has 2 aliphatic heterocycles. The Labute approximate surface area is 195 Å². The van der Waals surface area contributed by atoms with Crippen molar-refractivity contribution >= 4 is 11.8 Å². The molecule has 0 saturated carbocycles. The van der Waals surface area contributed by atoms with Crippen LogP contribution in [0.3, 0.4) is 0 Å². The molecule has 2 aliphatic rings. The van der Waals surface area contributed by atoms with Crippen LogP contribution in [0.25, 0.3) is 0 Å². The summed E-state index contributed by atoms with van der Waals surface area (Å²) in [5, 5.41) is 8.90. The van der Waals surface area contributed by atoms with Gasteiger partial charge in [-0.2, -0.15) is 5.26 Å². The van der Waals surface area contributed by atoms with Crippen LogP contribution in [0.15, 0.2) is 48.5 Å². The second-order valence-corrected chi connectivity index (χ2v) is 9.23. The Kier molecular flexibility index (Phi) is 7.29. The van der Waals surface area contributed by atoms with Gasteiger partial charge in [0, 0.05) is 37.3 Å². The highest BCUT2D eigenvalue weighted by Gasteiger charge is 2.24. The molecule has 2 aromatic carbocycles. The SMILES string of the molecule is CC1CCN(C(=O)c2ccc(OCC3CCN(C(=O)c4ccc(C#N)cc4)CC3)cc2)CC1. The highest BCUT2D eigenvalue weighted by atomic mass is 16.5. The summed E-state index contributed by atoms with van der Waals surface area (Å²) >= 11 is 0. The number of nitrogens with zero attached hydrogens (tertiary/aromatic N) is 3. The number of carbonyl (C=O) groups excluding carboxylic acids is 2. The number of nitriles is 1. The van der Waals surface area contributed by atoms with Crippen LogP contribution >= 0.6 is 0 Å². The number of ether oxygens (including phenoxy) is 1. The predicted octanol–water partition coefficient (Wildman–Crippen LogP) is 4.36. The van der Waals surface area contributed by atoms with E-state index in [-0.39, 0.29) is 11.8 Å². The lowest BCUT2D eigenvalue weighted by Crippen LogP contribution is -2.39. The van der Waals surface area contributed by atoms with E-state index in [0.717, 1.165) is 44.5 Å². The van der Waals surface area contributed by atoms with Gasteiger partial charge in [0.05, 0.1) is 18.2 Å². The van der Waals surface area contributed by atoms with Crippen molar-refractivity contribution in [3.8, 4) is 11.8 Å². The first-order chi connectivity index (χ1) is 16.0. The number of carbonyl (C=O) groups is 2. The molecular formula is C27H31N3O3. The average molecular weight is 446 g/mol. The topological polar surface area (TPSA) is 73.6 Å². The van der Waals surface area contributed by atoms with Gasteiger partial charge < -0.3 is 14.5 Å². The number of piperidine rings is 2. The Hall–Kier alpha value is -3.33. The number of benzene rings is 2. The first kappa shape index (κ1) is 22.8. The molecule has 33 heavy (non-hydrogen) atoms. The Balaban J connectivity index is 1.22. The fourth-order valence-electron chi connectivity index (χ4n) is 4.47. The van der Waals surface area contributed by atoms with Gasteiger partial charge in [0.1, 0.15) is 5.75 Å². The summed E-state index contributed by atoms with van der Waals surface area (Å²) in [6, 6.07) is 16.3. The lowest BCUT2D eigenvalue weighted by molar-refractivity contribution is 0.0659. The Morgan fingerprint density at radius 3 is 1.85 bits per heavy atom. The van der Waals surface area contributed by atoms with Crippen molar-refractivity contribution in [2.24, 2.45) is 11.8 Å². The van der Waals surface area contributed by atoms with E-state index in [4.69, 9.17) is 10.00 Å². The zero-order valence-corrected chi connectivity index (χ0v) is 19.2. The van der Waals surface area contributed by atoms with Crippen LogP contribution in [0.1, 0.15) is 58.9 Å². The molecule has 2 heterocycles. The van der Waals surface area contributed by atoms with Crippen molar-refractivity contribution in [1.82, 2.24) is 9.80 Å². The van der Waals surface area contributed by atoms with Crippen LogP contribution in [-0.4, -0.2) is 54.4 Å². The Bertz CT molecular complexity index is 994. The summed E-state index contributed by atoms with van der Waals surface area (Å²) in [5.41, 5.74) is 1.89. The highest BCUT2D eigenvalue weighted by Crippen LogP contribution is 2.23. The number of hydrogen-bond acceptors (Lipinski definition) is 4. The van der Waals surface area contributed by atoms with Crippen LogP contribution in [0.2, 0.25) is 0 Å². The standard InChI is InChI=1S/C27H31N3O3/c1-20-10-14-29(15-11-20)27(32)24-6-8-25(9-7-24)33-19-22-12-16-30(17-13-22)26(31)23-4-2-21(18-28)3-5-23/h2-9,20,22H,10-17,19H2,1H3. The maximum Gasteiger partial charge on any atom is 0.253 e. The molecular weight excluding hydrogens is 414 g/mol. The Morgan fingerprint density at radius 2 is 1.33 bits per heavy atom. The Morgan fingerprint density at radius 1 is 0.848 bits per heavy atom. The van der Waals surface area contributed by atoms with Crippen molar-refractivity contribution in [2.45, 2.75) is 32.6 Å². The second-order valence-electron chi connectivity index (χ2n) is 9.23. The van der Waals surface area contributed by atoms with E-state index in [2.05, 4.69) is 13.0 Å². The molecule has 2 aromatic rings. The maximum absolute atomic E-state index is 12.7. The van der Waals surface area contributed by atoms with E-state index in [1.807, 2.05) is 34.1 Å². The molecule has 2 amide bonds. The molecule has 0 aromatic heterocycles. The minimum Gasteiger partial charge on any atom is -0.493 e. The normalized spacial score (nSPS) is 17.5. The van der Waals surface area contributed by atoms with Crippen molar-refractivity contribution in [2.75, 3.05) is 32.8 Å². The summed E-state index contributed by atoms with van der Waals surface area (Å²) in [7, 11) is 0. The van der Waals surface area contributed by atoms with Gasteiger partial charge in [-0.25, -0.2) is 0 Å². The molecule has 6 heteroatoms. The number of hydrogen-bond donors (Lipinski definition) is 0. The zero-order valence-electron chi connectivity index (χ0n) is 19.2. The van der Waals surface area contributed by atoms with Gasteiger partial charge in [0.15, 0.2) is 0 Å². The van der Waals surface area contributed by atoms with Crippen molar-refractivity contribution in [3.63, 3.8) is 0 Å². The smallest absolute Gasteiger partial charge is 0.253 e. The molecule has 2 fully saturated rings. The van der Waals surface area contributed by atoms with Gasteiger partial charge in [-0.3, -0.25) is 9.59 Å². The molecule has 6 nitrogen and oxygen atoms in total. The monoisotopic (exact) mass is 445 g/mol. The molecule has 0 bridgehead atoms. The molecule has 0 atom stereocenters. The minimum absolute atomic E-state index is 0.0160. The van der Waals surface area contributed by atoms with E-state index in [9.17, 15) is 9.59 Å². The summed E-state index contributed by atoms with van der Waals surface area (Å²) in [4.78, 5) is 29.2. The van der Waals surface area contributed by atoms with Gasteiger partial charge in [0.25, 0.3) is 11.8 Å². The largest absolute Gasteiger partial charge is 0.493 e. The van der Waals surface area contributed by atoms with Crippen LogP contribution in [0.4, 0.5) is 0 Å². The molecule has 0 unspecified atom stereocenters. The molecule has 0 N–H and O–H groups in total. The van der Waals surface area contributed by atoms with Crippen molar-refractivity contribution < 1.29 is 14.3 Å². The predicted molar refractivity (Wildman–Crippen MR) is 126 cm³/mol. The van der Waals surface area contributed by atoms with E-state index < -0.39 is 0 Å². The fourth-order valence-corrected chi connectivity index (χ4v) is 4.47. The van der Waals surface area contributed by atoms with E-state index in [1.54, 1.807) is 24.3 Å². The fraction of sp³-hybridized carbons (Fsp3) is 0.444. The van der Waals surface area contributed by atoms with Crippen molar-refractivity contribution in [3.05, 3.63) is 65.2 Å². The molecule has 0 spiro atoms. The summed E-state index contributed by atoms with van der Waals surface area (Å²) in [6.45, 7) is 5.93. The van der Waals surface area contributed by atoms with Crippen molar-refractivity contribution in [1.29, 1.82) is 5.26 Å². The van der Waals surface area contributed by atoms with Gasteiger partial charge in [0.2, 0.25) is 0 Å². The summed E-state index contributed by atoms with van der Waals surface area (Å²) in [6.07, 6.45) is 3.94. The van der Waals surface area contributed by atoms with Crippen LogP contribution in [0, 0.1) is 23.2 Å². The third kappa shape index (κ3) is 5.73. The zero-order chi connectivity index (χ0) is 23.2. The molecule has 172 valence electrons. The number of amides is 2. The molecule has 4 rings (SSSR count). The van der Waals surface area contributed by atoms with Gasteiger partial charge in [-0.1, -0.05) is 6.92 Å². The lowest BCUT2D eigenvalue weighted by atomic mass is 9.97. The number of likely N-dealkylation sites (tertiary alicyclic amines) is 2. The van der Waals surface area contributed by atoms with Crippen LogP contribution in [-0.2, 0) is 0 Å². The first-order valence-corrected chi connectivity index (χ1v) is 11.8. The average Bonchev–Trinajstić information content (AvgIpc) is 2.88. The maximum atomic E-state index is 12.7. The van der Waals surface area contributed by atoms with Gasteiger partial charge >= 0.3 is 0 Å².